The highest BCUT2D eigenvalue weighted by molar-refractivity contribution is 7.91. The average Bonchev–Trinajstić information content (AvgIpc) is 2.37. The van der Waals surface area contributed by atoms with Gasteiger partial charge in [-0.25, -0.2) is 8.42 Å². The average molecular weight is 295 g/mol. The molecule has 1 fully saturated rings. The van der Waals surface area contributed by atoms with E-state index < -0.39 is 9.84 Å². The predicted molar refractivity (Wildman–Crippen MR) is 80.8 cm³/mol. The molecule has 0 saturated carbocycles. The SMILES string of the molecule is CC1CS(=O)(=O)CCN1CC(C(=N)N)c1ccccc1. The van der Waals surface area contributed by atoms with Crippen LogP contribution in [-0.4, -0.2) is 49.8 Å². The van der Waals surface area contributed by atoms with Gasteiger partial charge >= 0.3 is 0 Å². The van der Waals surface area contributed by atoms with E-state index in [9.17, 15) is 8.42 Å². The van der Waals surface area contributed by atoms with Crippen molar-refractivity contribution >= 4 is 15.7 Å². The number of rotatable bonds is 4. The lowest BCUT2D eigenvalue weighted by Crippen LogP contribution is -2.49. The molecule has 3 N–H and O–H groups in total. The molecule has 1 aromatic rings. The molecule has 1 heterocycles. The summed E-state index contributed by atoms with van der Waals surface area (Å²) < 4.78 is 23.2. The van der Waals surface area contributed by atoms with Gasteiger partial charge in [0, 0.05) is 19.1 Å². The van der Waals surface area contributed by atoms with Crippen molar-refractivity contribution < 1.29 is 8.42 Å². The van der Waals surface area contributed by atoms with Crippen molar-refractivity contribution in [3.8, 4) is 0 Å². The standard InChI is InChI=1S/C14H21N3O2S/c1-11-10-20(18,19)8-7-17(11)9-13(14(15)16)12-5-3-2-4-6-12/h2-6,11,13H,7-10H2,1H3,(H3,15,16). The molecular formula is C14H21N3O2S. The van der Waals surface area contributed by atoms with E-state index in [2.05, 4.69) is 4.90 Å². The number of nitrogens with two attached hydrogens (primary N) is 1. The Morgan fingerprint density at radius 1 is 1.45 bits per heavy atom. The van der Waals surface area contributed by atoms with Gasteiger partial charge in [-0.2, -0.15) is 0 Å². The third-order valence-corrected chi connectivity index (χ3v) is 5.60. The number of nitrogens with zero attached hydrogens (tertiary/aromatic N) is 1. The summed E-state index contributed by atoms with van der Waals surface area (Å²) in [5, 5.41) is 7.78. The van der Waals surface area contributed by atoms with Gasteiger partial charge in [0.1, 0.15) is 0 Å². The maximum absolute atomic E-state index is 11.6. The van der Waals surface area contributed by atoms with Crippen LogP contribution in [0.1, 0.15) is 18.4 Å². The summed E-state index contributed by atoms with van der Waals surface area (Å²) in [5.74, 6) is 0.319. The highest BCUT2D eigenvalue weighted by Gasteiger charge is 2.30. The molecular weight excluding hydrogens is 274 g/mol. The fraction of sp³-hybridized carbons (Fsp3) is 0.500. The molecule has 1 aliphatic heterocycles. The normalized spacial score (nSPS) is 24.1. The minimum Gasteiger partial charge on any atom is -0.387 e. The highest BCUT2D eigenvalue weighted by Crippen LogP contribution is 2.20. The lowest BCUT2D eigenvalue weighted by Gasteiger charge is -2.35. The second-order valence-electron chi connectivity index (χ2n) is 5.38. The second kappa shape index (κ2) is 5.93. The zero-order valence-electron chi connectivity index (χ0n) is 11.6. The van der Waals surface area contributed by atoms with Crippen LogP contribution in [0.4, 0.5) is 0 Å². The maximum Gasteiger partial charge on any atom is 0.153 e. The first-order valence-electron chi connectivity index (χ1n) is 6.72. The number of amidine groups is 1. The molecule has 0 spiro atoms. The van der Waals surface area contributed by atoms with Crippen LogP contribution in [0.3, 0.4) is 0 Å². The molecule has 2 unspecified atom stereocenters. The van der Waals surface area contributed by atoms with Gasteiger partial charge in [0.2, 0.25) is 0 Å². The van der Waals surface area contributed by atoms with Crippen LogP contribution >= 0.6 is 0 Å². The minimum atomic E-state index is -2.91. The lowest BCUT2D eigenvalue weighted by atomic mass is 9.97. The molecule has 0 aromatic heterocycles. The fourth-order valence-corrected chi connectivity index (χ4v) is 4.23. The van der Waals surface area contributed by atoms with E-state index in [1.807, 2.05) is 37.3 Å². The molecule has 2 rings (SSSR count). The van der Waals surface area contributed by atoms with Crippen LogP contribution in [0.25, 0.3) is 0 Å². The zero-order valence-corrected chi connectivity index (χ0v) is 12.4. The monoisotopic (exact) mass is 295 g/mol. The number of nitrogens with one attached hydrogen (secondary N) is 1. The highest BCUT2D eigenvalue weighted by atomic mass is 32.2. The number of hydrogen-bond acceptors (Lipinski definition) is 4. The second-order valence-corrected chi connectivity index (χ2v) is 7.61. The van der Waals surface area contributed by atoms with Crippen molar-refractivity contribution in [1.82, 2.24) is 4.90 Å². The Balaban J connectivity index is 2.12. The quantitative estimate of drug-likeness (QED) is 0.636. The van der Waals surface area contributed by atoms with Crippen LogP contribution in [0, 0.1) is 5.41 Å². The van der Waals surface area contributed by atoms with E-state index in [-0.39, 0.29) is 29.3 Å². The Hall–Kier alpha value is -1.40. The summed E-state index contributed by atoms with van der Waals surface area (Å²) in [6.45, 7) is 3.02. The summed E-state index contributed by atoms with van der Waals surface area (Å²) in [7, 11) is -2.91. The van der Waals surface area contributed by atoms with E-state index in [1.54, 1.807) is 0 Å². The van der Waals surface area contributed by atoms with Crippen molar-refractivity contribution in [3.63, 3.8) is 0 Å². The molecule has 20 heavy (non-hydrogen) atoms. The first kappa shape index (κ1) is 15.0. The molecule has 2 atom stereocenters. The van der Waals surface area contributed by atoms with Gasteiger partial charge in [0.25, 0.3) is 0 Å². The largest absolute Gasteiger partial charge is 0.387 e. The molecule has 0 bridgehead atoms. The topological polar surface area (TPSA) is 87.2 Å². The summed E-state index contributed by atoms with van der Waals surface area (Å²) >= 11 is 0. The smallest absolute Gasteiger partial charge is 0.153 e. The van der Waals surface area contributed by atoms with E-state index in [0.717, 1.165) is 5.56 Å². The van der Waals surface area contributed by atoms with Gasteiger partial charge in [-0.1, -0.05) is 30.3 Å². The van der Waals surface area contributed by atoms with Gasteiger partial charge in [-0.15, -0.1) is 0 Å². The van der Waals surface area contributed by atoms with Crippen molar-refractivity contribution in [1.29, 1.82) is 5.41 Å². The van der Waals surface area contributed by atoms with Crippen LogP contribution in [0.5, 0.6) is 0 Å². The predicted octanol–water partition coefficient (Wildman–Crippen LogP) is 0.825. The molecule has 1 aromatic carbocycles. The molecule has 110 valence electrons. The van der Waals surface area contributed by atoms with Crippen LogP contribution < -0.4 is 5.73 Å². The number of hydrogen-bond donors (Lipinski definition) is 2. The van der Waals surface area contributed by atoms with Gasteiger partial charge in [0.15, 0.2) is 9.84 Å². The van der Waals surface area contributed by atoms with E-state index in [4.69, 9.17) is 11.1 Å². The molecule has 5 nitrogen and oxygen atoms in total. The Morgan fingerprint density at radius 2 is 2.10 bits per heavy atom. The van der Waals surface area contributed by atoms with Gasteiger partial charge in [-0.3, -0.25) is 10.3 Å². The first-order chi connectivity index (χ1) is 9.39. The third-order valence-electron chi connectivity index (χ3n) is 3.80. The maximum atomic E-state index is 11.6. The van der Waals surface area contributed by atoms with E-state index in [0.29, 0.717) is 13.1 Å². The van der Waals surface area contributed by atoms with E-state index in [1.165, 1.54) is 0 Å². The Kier molecular flexibility index (Phi) is 4.45. The van der Waals surface area contributed by atoms with Crippen molar-refractivity contribution in [2.75, 3.05) is 24.6 Å². The zero-order chi connectivity index (χ0) is 14.8. The van der Waals surface area contributed by atoms with Crippen LogP contribution in [-0.2, 0) is 9.84 Å². The van der Waals surface area contributed by atoms with E-state index >= 15 is 0 Å². The fourth-order valence-electron chi connectivity index (χ4n) is 2.61. The van der Waals surface area contributed by atoms with Gasteiger partial charge < -0.3 is 5.73 Å². The van der Waals surface area contributed by atoms with Crippen LogP contribution in [0.15, 0.2) is 30.3 Å². The summed E-state index contributed by atoms with van der Waals surface area (Å²) in [6, 6.07) is 9.66. The molecule has 0 amide bonds. The lowest BCUT2D eigenvalue weighted by molar-refractivity contribution is 0.224. The Bertz CT molecular complexity index is 571. The van der Waals surface area contributed by atoms with Crippen molar-refractivity contribution in [2.24, 2.45) is 5.73 Å². The van der Waals surface area contributed by atoms with Gasteiger partial charge in [0.05, 0.1) is 23.3 Å². The number of benzene rings is 1. The molecule has 0 radical (unpaired) electrons. The Labute approximate surface area is 120 Å². The number of sulfone groups is 1. The summed E-state index contributed by atoms with van der Waals surface area (Å²) in [5.41, 5.74) is 6.72. The van der Waals surface area contributed by atoms with Crippen LogP contribution in [0.2, 0.25) is 0 Å². The molecule has 1 saturated heterocycles. The van der Waals surface area contributed by atoms with Gasteiger partial charge in [-0.05, 0) is 12.5 Å². The summed E-state index contributed by atoms with van der Waals surface area (Å²) in [4.78, 5) is 2.11. The summed E-state index contributed by atoms with van der Waals surface area (Å²) in [6.07, 6.45) is 0. The molecule has 1 aliphatic rings. The Morgan fingerprint density at radius 3 is 2.65 bits per heavy atom. The molecule has 6 heteroatoms. The third kappa shape index (κ3) is 3.58. The minimum absolute atomic E-state index is 0.0284. The van der Waals surface area contributed by atoms with Crippen molar-refractivity contribution in [3.05, 3.63) is 35.9 Å². The first-order valence-corrected chi connectivity index (χ1v) is 8.54. The molecule has 0 aliphatic carbocycles. The van der Waals surface area contributed by atoms with Crippen molar-refractivity contribution in [2.45, 2.75) is 18.9 Å².